The predicted octanol–water partition coefficient (Wildman–Crippen LogP) is 0.543. The van der Waals surface area contributed by atoms with Crippen molar-refractivity contribution in [1.82, 2.24) is 14.5 Å². The van der Waals surface area contributed by atoms with Crippen LogP contribution in [0.25, 0.3) is 0 Å². The molecule has 0 bridgehead atoms. The van der Waals surface area contributed by atoms with E-state index in [4.69, 9.17) is 18.0 Å². The maximum atomic E-state index is 12.3. The number of aromatic nitrogens is 2. The molecular formula is C10H18N4O2S2. The van der Waals surface area contributed by atoms with Crippen LogP contribution in [0.2, 0.25) is 0 Å². The SMILES string of the molecule is CCC(CC)(NS(=O)(=O)c1ccnn1C)C(N)=S. The van der Waals surface area contributed by atoms with Gasteiger partial charge < -0.3 is 5.73 Å². The molecule has 0 radical (unpaired) electrons. The Hall–Kier alpha value is -0.990. The Morgan fingerprint density at radius 3 is 2.44 bits per heavy atom. The van der Waals surface area contributed by atoms with Crippen LogP contribution in [0.4, 0.5) is 0 Å². The molecule has 0 aromatic carbocycles. The van der Waals surface area contributed by atoms with Crippen LogP contribution in [-0.4, -0.2) is 28.7 Å². The summed E-state index contributed by atoms with van der Waals surface area (Å²) in [5, 5.41) is 3.93. The van der Waals surface area contributed by atoms with Crippen LogP contribution >= 0.6 is 12.2 Å². The van der Waals surface area contributed by atoms with Gasteiger partial charge in [-0.2, -0.15) is 9.82 Å². The molecular weight excluding hydrogens is 272 g/mol. The van der Waals surface area contributed by atoms with Gasteiger partial charge in [0.1, 0.15) is 0 Å². The standard InChI is InChI=1S/C10H18N4O2S2/c1-4-10(5-2,9(11)17)13-18(15,16)8-6-7-12-14(8)3/h6-7,13H,4-5H2,1-3H3,(H2,11,17). The summed E-state index contributed by atoms with van der Waals surface area (Å²) >= 11 is 4.99. The van der Waals surface area contributed by atoms with Crippen LogP contribution in [0.15, 0.2) is 17.3 Å². The Balaban J connectivity index is 3.16. The van der Waals surface area contributed by atoms with E-state index in [-0.39, 0.29) is 10.0 Å². The van der Waals surface area contributed by atoms with Crippen molar-refractivity contribution in [3.63, 3.8) is 0 Å². The zero-order chi connectivity index (χ0) is 14.0. The molecule has 1 heterocycles. The van der Waals surface area contributed by atoms with Crippen LogP contribution in [-0.2, 0) is 17.1 Å². The molecule has 0 atom stereocenters. The molecule has 3 N–H and O–H groups in total. The fourth-order valence-corrected chi connectivity index (χ4v) is 3.78. The lowest BCUT2D eigenvalue weighted by Gasteiger charge is -2.31. The van der Waals surface area contributed by atoms with Gasteiger partial charge in [-0.15, -0.1) is 0 Å². The molecule has 0 amide bonds. The van der Waals surface area contributed by atoms with Gasteiger partial charge in [0.25, 0.3) is 10.0 Å². The third-order valence-electron chi connectivity index (χ3n) is 3.06. The van der Waals surface area contributed by atoms with Gasteiger partial charge in [0.05, 0.1) is 16.7 Å². The van der Waals surface area contributed by atoms with Gasteiger partial charge in [0.2, 0.25) is 0 Å². The summed E-state index contributed by atoms with van der Waals surface area (Å²) in [5.74, 6) is 0. The monoisotopic (exact) mass is 290 g/mol. The second-order valence-electron chi connectivity index (χ2n) is 4.05. The minimum absolute atomic E-state index is 0.0880. The van der Waals surface area contributed by atoms with Gasteiger partial charge >= 0.3 is 0 Å². The number of nitrogens with two attached hydrogens (primary N) is 1. The van der Waals surface area contributed by atoms with Crippen LogP contribution < -0.4 is 10.5 Å². The largest absolute Gasteiger partial charge is 0.392 e. The van der Waals surface area contributed by atoms with Gasteiger partial charge in [0.15, 0.2) is 5.03 Å². The molecule has 0 fully saturated rings. The maximum Gasteiger partial charge on any atom is 0.258 e. The number of aryl methyl sites for hydroxylation is 1. The molecule has 102 valence electrons. The maximum absolute atomic E-state index is 12.3. The number of rotatable bonds is 6. The van der Waals surface area contributed by atoms with Crippen molar-refractivity contribution < 1.29 is 8.42 Å². The Morgan fingerprint density at radius 2 is 2.11 bits per heavy atom. The van der Waals surface area contributed by atoms with Crippen molar-refractivity contribution in [2.24, 2.45) is 12.8 Å². The highest BCUT2D eigenvalue weighted by Crippen LogP contribution is 2.19. The third kappa shape index (κ3) is 2.70. The Labute approximate surface area is 113 Å². The van der Waals surface area contributed by atoms with Gasteiger partial charge in [-0.05, 0) is 18.9 Å². The summed E-state index contributed by atoms with van der Waals surface area (Å²) in [6.07, 6.45) is 2.42. The molecule has 0 aliphatic rings. The van der Waals surface area contributed by atoms with Crippen molar-refractivity contribution in [3.05, 3.63) is 12.3 Å². The molecule has 0 unspecified atom stereocenters. The van der Waals surface area contributed by atoms with E-state index in [1.54, 1.807) is 7.05 Å². The van der Waals surface area contributed by atoms with E-state index >= 15 is 0 Å². The van der Waals surface area contributed by atoms with Crippen LogP contribution in [0.1, 0.15) is 26.7 Å². The number of thiocarbonyl (C=S) groups is 1. The van der Waals surface area contributed by atoms with Crippen molar-refractivity contribution in [3.8, 4) is 0 Å². The van der Waals surface area contributed by atoms with Gasteiger partial charge in [-0.25, -0.2) is 8.42 Å². The van der Waals surface area contributed by atoms with E-state index in [1.807, 2.05) is 13.8 Å². The Bertz CT molecular complexity index is 532. The first-order valence-corrected chi connectivity index (χ1v) is 7.50. The molecule has 0 aliphatic heterocycles. The van der Waals surface area contributed by atoms with E-state index in [9.17, 15) is 8.42 Å². The lowest BCUT2D eigenvalue weighted by molar-refractivity contribution is 0.461. The van der Waals surface area contributed by atoms with E-state index in [1.165, 1.54) is 16.9 Å². The molecule has 8 heteroatoms. The smallest absolute Gasteiger partial charge is 0.258 e. The molecule has 1 aromatic rings. The number of nitrogens with zero attached hydrogens (tertiary/aromatic N) is 2. The number of sulfonamides is 1. The quantitative estimate of drug-likeness (QED) is 0.746. The van der Waals surface area contributed by atoms with Gasteiger partial charge in [-0.1, -0.05) is 26.1 Å². The second-order valence-corrected chi connectivity index (χ2v) is 6.12. The fourth-order valence-electron chi connectivity index (χ4n) is 1.73. The van der Waals surface area contributed by atoms with E-state index in [2.05, 4.69) is 9.82 Å². The summed E-state index contributed by atoms with van der Waals surface area (Å²) < 4.78 is 28.4. The van der Waals surface area contributed by atoms with Gasteiger partial charge in [-0.3, -0.25) is 4.68 Å². The number of hydrogen-bond acceptors (Lipinski definition) is 4. The molecule has 0 saturated carbocycles. The fraction of sp³-hybridized carbons (Fsp3) is 0.600. The lowest BCUT2D eigenvalue weighted by Crippen LogP contribution is -2.56. The van der Waals surface area contributed by atoms with Crippen LogP contribution in [0.3, 0.4) is 0 Å². The van der Waals surface area contributed by atoms with Crippen molar-refractivity contribution in [2.45, 2.75) is 37.3 Å². The average molecular weight is 290 g/mol. The molecule has 0 saturated heterocycles. The lowest BCUT2D eigenvalue weighted by atomic mass is 9.94. The summed E-state index contributed by atoms with van der Waals surface area (Å²) in [6, 6.07) is 1.43. The summed E-state index contributed by atoms with van der Waals surface area (Å²) in [4.78, 5) is 0.151. The van der Waals surface area contributed by atoms with E-state index in [0.29, 0.717) is 12.8 Å². The Morgan fingerprint density at radius 1 is 1.56 bits per heavy atom. The zero-order valence-electron chi connectivity index (χ0n) is 10.7. The first kappa shape index (κ1) is 15.1. The predicted molar refractivity (Wildman–Crippen MR) is 73.6 cm³/mol. The molecule has 0 spiro atoms. The molecule has 18 heavy (non-hydrogen) atoms. The third-order valence-corrected chi connectivity index (χ3v) is 5.06. The van der Waals surface area contributed by atoms with Crippen molar-refractivity contribution in [1.29, 1.82) is 0 Å². The number of nitrogens with one attached hydrogen (secondary N) is 1. The topological polar surface area (TPSA) is 90.0 Å². The van der Waals surface area contributed by atoms with Gasteiger partial charge in [0, 0.05) is 7.05 Å². The first-order valence-electron chi connectivity index (χ1n) is 5.61. The van der Waals surface area contributed by atoms with E-state index < -0.39 is 15.6 Å². The zero-order valence-corrected chi connectivity index (χ0v) is 12.3. The van der Waals surface area contributed by atoms with Crippen LogP contribution in [0, 0.1) is 0 Å². The second kappa shape index (κ2) is 5.33. The summed E-state index contributed by atoms with van der Waals surface area (Å²) in [7, 11) is -2.13. The molecule has 6 nitrogen and oxygen atoms in total. The highest BCUT2D eigenvalue weighted by atomic mass is 32.2. The molecule has 1 aromatic heterocycles. The summed E-state index contributed by atoms with van der Waals surface area (Å²) in [5.41, 5.74) is 4.78. The van der Waals surface area contributed by atoms with Crippen molar-refractivity contribution in [2.75, 3.05) is 0 Å². The van der Waals surface area contributed by atoms with Crippen molar-refractivity contribution >= 4 is 27.2 Å². The highest BCUT2D eigenvalue weighted by molar-refractivity contribution is 7.89. The minimum Gasteiger partial charge on any atom is -0.392 e. The van der Waals surface area contributed by atoms with E-state index in [0.717, 1.165) is 0 Å². The average Bonchev–Trinajstić information content (AvgIpc) is 2.73. The summed E-state index contributed by atoms with van der Waals surface area (Å²) in [6.45, 7) is 3.68. The minimum atomic E-state index is -3.69. The Kier molecular flexibility index (Phi) is 4.46. The first-order chi connectivity index (χ1) is 8.29. The normalized spacial score (nSPS) is 12.6. The highest BCUT2D eigenvalue weighted by Gasteiger charge is 2.35. The molecule has 0 aliphatic carbocycles. The molecule has 1 rings (SSSR count). The van der Waals surface area contributed by atoms with Crippen LogP contribution in [0.5, 0.6) is 0 Å². The number of hydrogen-bond donors (Lipinski definition) is 2.